The number of hydrogen-bond donors (Lipinski definition) is 1. The van der Waals surface area contributed by atoms with Crippen molar-refractivity contribution in [2.75, 3.05) is 24.3 Å². The van der Waals surface area contributed by atoms with E-state index >= 15 is 0 Å². The van der Waals surface area contributed by atoms with Crippen molar-refractivity contribution in [1.29, 1.82) is 0 Å². The molecule has 0 aliphatic heterocycles. The quantitative estimate of drug-likeness (QED) is 0.870. The molecule has 0 fully saturated rings. The highest BCUT2D eigenvalue weighted by atomic mass is 32.2. The SMILES string of the molecule is CN(C(=O)CSC(F)(F)F)c1ccc(OCC(=O)O)cc1. The number of amides is 1. The normalized spacial score (nSPS) is 11.0. The smallest absolute Gasteiger partial charge is 0.442 e. The molecule has 1 aromatic carbocycles. The summed E-state index contributed by atoms with van der Waals surface area (Å²) in [5.74, 6) is -2.25. The number of carbonyl (C=O) groups excluding carboxylic acids is 1. The number of carboxylic acid groups (broad SMARTS) is 1. The van der Waals surface area contributed by atoms with Gasteiger partial charge in [-0.05, 0) is 36.0 Å². The molecule has 0 bridgehead atoms. The highest BCUT2D eigenvalue weighted by Gasteiger charge is 2.30. The molecule has 0 aromatic heterocycles. The average Bonchev–Trinajstić information content (AvgIpc) is 2.41. The Kier molecular flexibility index (Phi) is 5.89. The Bertz CT molecular complexity index is 504. The van der Waals surface area contributed by atoms with Crippen LogP contribution in [0.2, 0.25) is 0 Å². The van der Waals surface area contributed by atoms with Crippen molar-refractivity contribution >= 4 is 29.3 Å². The van der Waals surface area contributed by atoms with Gasteiger partial charge in [0.1, 0.15) is 5.75 Å². The number of anilines is 1. The third kappa shape index (κ3) is 6.39. The van der Waals surface area contributed by atoms with Gasteiger partial charge in [0.05, 0.1) is 5.75 Å². The summed E-state index contributed by atoms with van der Waals surface area (Å²) in [6, 6.07) is 5.76. The van der Waals surface area contributed by atoms with Crippen LogP contribution in [0.1, 0.15) is 0 Å². The number of carboxylic acids is 1. The standard InChI is InChI=1S/C12H12F3NO4S/c1-16(10(17)7-21-12(13,14)15)8-2-4-9(5-3-8)20-6-11(18)19/h2-5H,6-7H2,1H3,(H,18,19). The van der Waals surface area contributed by atoms with Crippen LogP contribution < -0.4 is 9.64 Å². The first kappa shape index (κ1) is 17.2. The van der Waals surface area contributed by atoms with Crippen LogP contribution in [0.3, 0.4) is 0 Å². The van der Waals surface area contributed by atoms with E-state index in [2.05, 4.69) is 0 Å². The minimum absolute atomic E-state index is 0.284. The molecule has 1 N–H and O–H groups in total. The van der Waals surface area contributed by atoms with Crippen LogP contribution in [0.15, 0.2) is 24.3 Å². The molecule has 0 unspecified atom stereocenters. The molecule has 0 saturated carbocycles. The lowest BCUT2D eigenvalue weighted by Crippen LogP contribution is -2.28. The fourth-order valence-corrected chi connectivity index (χ4v) is 1.78. The summed E-state index contributed by atoms with van der Waals surface area (Å²) < 4.78 is 40.9. The number of hydrogen-bond acceptors (Lipinski definition) is 4. The molecule has 0 atom stereocenters. The van der Waals surface area contributed by atoms with Gasteiger partial charge in [-0.3, -0.25) is 4.79 Å². The van der Waals surface area contributed by atoms with Crippen molar-refractivity contribution in [2.45, 2.75) is 5.51 Å². The van der Waals surface area contributed by atoms with E-state index in [-0.39, 0.29) is 5.75 Å². The molecule has 0 aliphatic carbocycles. The zero-order chi connectivity index (χ0) is 16.0. The van der Waals surface area contributed by atoms with Crippen molar-refractivity contribution in [1.82, 2.24) is 0 Å². The van der Waals surface area contributed by atoms with E-state index in [0.29, 0.717) is 5.69 Å². The molecule has 0 aliphatic rings. The fraction of sp³-hybridized carbons (Fsp3) is 0.333. The lowest BCUT2D eigenvalue weighted by Gasteiger charge is -2.18. The van der Waals surface area contributed by atoms with Gasteiger partial charge in [0.2, 0.25) is 5.91 Å². The van der Waals surface area contributed by atoms with E-state index in [0.717, 1.165) is 4.90 Å². The first-order chi connectivity index (χ1) is 9.69. The number of thioether (sulfide) groups is 1. The lowest BCUT2D eigenvalue weighted by molar-refractivity contribution is -0.139. The number of nitrogens with zero attached hydrogens (tertiary/aromatic N) is 1. The molecule has 9 heteroatoms. The third-order valence-corrected chi connectivity index (χ3v) is 3.04. The number of alkyl halides is 3. The summed E-state index contributed by atoms with van der Waals surface area (Å²) in [6.07, 6.45) is 0. The largest absolute Gasteiger partial charge is 0.482 e. The van der Waals surface area contributed by atoms with Gasteiger partial charge in [0.15, 0.2) is 6.61 Å². The van der Waals surface area contributed by atoms with Gasteiger partial charge >= 0.3 is 11.5 Å². The summed E-state index contributed by atoms with van der Waals surface area (Å²) in [5.41, 5.74) is -4.07. The van der Waals surface area contributed by atoms with Gasteiger partial charge in [-0.1, -0.05) is 0 Å². The van der Waals surface area contributed by atoms with Crippen molar-refractivity contribution in [3.8, 4) is 5.75 Å². The zero-order valence-electron chi connectivity index (χ0n) is 10.9. The molecule has 0 saturated heterocycles. The number of aliphatic carboxylic acids is 1. The molecule has 21 heavy (non-hydrogen) atoms. The Morgan fingerprint density at radius 1 is 1.29 bits per heavy atom. The Labute approximate surface area is 122 Å². The number of halogens is 3. The summed E-state index contributed by atoms with van der Waals surface area (Å²) in [7, 11) is 1.35. The van der Waals surface area contributed by atoms with Crippen molar-refractivity contribution in [3.05, 3.63) is 24.3 Å². The Hall–Kier alpha value is -1.90. The van der Waals surface area contributed by atoms with Crippen molar-refractivity contribution in [3.63, 3.8) is 0 Å². The van der Waals surface area contributed by atoms with Gasteiger partial charge in [-0.25, -0.2) is 4.79 Å². The maximum atomic E-state index is 12.0. The van der Waals surface area contributed by atoms with Crippen LogP contribution in [-0.4, -0.2) is 41.9 Å². The molecule has 0 spiro atoms. The average molecular weight is 323 g/mol. The van der Waals surface area contributed by atoms with E-state index < -0.39 is 41.5 Å². The maximum Gasteiger partial charge on any atom is 0.442 e. The van der Waals surface area contributed by atoms with Crippen molar-refractivity contribution in [2.24, 2.45) is 0 Å². The number of carbonyl (C=O) groups is 2. The summed E-state index contributed by atoms with van der Waals surface area (Å²) >= 11 is -0.402. The monoisotopic (exact) mass is 323 g/mol. The van der Waals surface area contributed by atoms with Crippen LogP contribution in [0.5, 0.6) is 5.75 Å². The molecule has 0 radical (unpaired) electrons. The second-order valence-electron chi connectivity index (χ2n) is 3.86. The van der Waals surface area contributed by atoms with Crippen LogP contribution in [0.25, 0.3) is 0 Å². The number of benzene rings is 1. The molecule has 116 valence electrons. The van der Waals surface area contributed by atoms with E-state index in [1.807, 2.05) is 0 Å². The minimum atomic E-state index is -4.45. The molecule has 1 rings (SSSR count). The minimum Gasteiger partial charge on any atom is -0.482 e. The molecule has 1 aromatic rings. The predicted octanol–water partition coefficient (Wildman–Crippen LogP) is 2.37. The first-order valence-corrected chi connectivity index (χ1v) is 6.59. The topological polar surface area (TPSA) is 66.8 Å². The van der Waals surface area contributed by atoms with Crippen LogP contribution in [0, 0.1) is 0 Å². The molecule has 5 nitrogen and oxygen atoms in total. The van der Waals surface area contributed by atoms with E-state index in [9.17, 15) is 22.8 Å². The van der Waals surface area contributed by atoms with Gasteiger partial charge < -0.3 is 14.7 Å². The molecular weight excluding hydrogens is 311 g/mol. The number of rotatable bonds is 6. The van der Waals surface area contributed by atoms with Crippen molar-refractivity contribution < 1.29 is 32.6 Å². The van der Waals surface area contributed by atoms with Crippen LogP contribution >= 0.6 is 11.8 Å². The molecule has 1 amide bonds. The van der Waals surface area contributed by atoms with Gasteiger partial charge in [0, 0.05) is 12.7 Å². The predicted molar refractivity (Wildman–Crippen MR) is 71.5 cm³/mol. The summed E-state index contributed by atoms with van der Waals surface area (Å²) in [5, 5.41) is 8.44. The van der Waals surface area contributed by atoms with Crippen LogP contribution in [-0.2, 0) is 9.59 Å². The lowest BCUT2D eigenvalue weighted by atomic mass is 10.3. The Morgan fingerprint density at radius 2 is 1.86 bits per heavy atom. The van der Waals surface area contributed by atoms with Gasteiger partial charge in [-0.2, -0.15) is 13.2 Å². The zero-order valence-corrected chi connectivity index (χ0v) is 11.7. The highest BCUT2D eigenvalue weighted by molar-refractivity contribution is 8.00. The maximum absolute atomic E-state index is 12.0. The fourth-order valence-electron chi connectivity index (χ4n) is 1.30. The summed E-state index contributed by atoms with van der Waals surface area (Å²) in [4.78, 5) is 23.0. The van der Waals surface area contributed by atoms with E-state index in [1.54, 1.807) is 0 Å². The second-order valence-corrected chi connectivity index (χ2v) is 4.90. The second kappa shape index (κ2) is 7.21. The van der Waals surface area contributed by atoms with Gasteiger partial charge in [-0.15, -0.1) is 0 Å². The first-order valence-electron chi connectivity index (χ1n) is 5.61. The third-order valence-electron chi connectivity index (χ3n) is 2.32. The van der Waals surface area contributed by atoms with E-state index in [1.165, 1.54) is 31.3 Å². The Morgan fingerprint density at radius 3 is 2.33 bits per heavy atom. The molecule has 0 heterocycles. The Balaban J connectivity index is 2.60. The molecular formula is C12H12F3NO4S. The highest BCUT2D eigenvalue weighted by Crippen LogP contribution is 2.30. The summed E-state index contributed by atoms with van der Waals surface area (Å²) in [6.45, 7) is -0.504. The van der Waals surface area contributed by atoms with E-state index in [4.69, 9.17) is 9.84 Å². The van der Waals surface area contributed by atoms with Crippen LogP contribution in [0.4, 0.5) is 18.9 Å². The van der Waals surface area contributed by atoms with Gasteiger partial charge in [0.25, 0.3) is 0 Å². The number of ether oxygens (including phenoxy) is 1.